The highest BCUT2D eigenvalue weighted by Crippen LogP contribution is 2.36. The highest BCUT2D eigenvalue weighted by molar-refractivity contribution is 7.13. The average Bonchev–Trinajstić information content (AvgIpc) is 3.68. The number of allylic oxidation sites excluding steroid dienone is 4. The Labute approximate surface area is 229 Å². The van der Waals surface area contributed by atoms with Crippen molar-refractivity contribution in [1.82, 2.24) is 25.1 Å². The lowest BCUT2D eigenvalue weighted by atomic mass is 10.0. The molecule has 8 heteroatoms. The quantitative estimate of drug-likeness (QED) is 0.205. The lowest BCUT2D eigenvalue weighted by Gasteiger charge is -2.16. The van der Waals surface area contributed by atoms with Crippen LogP contribution in [0.2, 0.25) is 0 Å². The Morgan fingerprint density at radius 3 is 2.74 bits per heavy atom. The fourth-order valence-corrected chi connectivity index (χ4v) is 6.00. The second-order valence-corrected chi connectivity index (χ2v) is 11.3. The smallest absolute Gasteiger partial charge is 0.261 e. The van der Waals surface area contributed by atoms with Crippen molar-refractivity contribution < 1.29 is 8.78 Å². The van der Waals surface area contributed by atoms with Crippen molar-refractivity contribution in [2.75, 3.05) is 19.6 Å². The first-order valence-corrected chi connectivity index (χ1v) is 13.8. The molecule has 0 amide bonds. The number of benzene rings is 1. The maximum Gasteiger partial charge on any atom is 0.261 e. The minimum atomic E-state index is -2.60. The van der Waals surface area contributed by atoms with Crippen LogP contribution in [0.15, 0.2) is 83.8 Å². The number of nitrogens with one attached hydrogen (secondary N) is 2. The topological polar surface area (TPSA) is 60.6 Å². The number of fused-ring (bicyclic) bond motifs is 2. The van der Waals surface area contributed by atoms with Crippen molar-refractivity contribution in [1.29, 1.82) is 0 Å². The van der Waals surface area contributed by atoms with Gasteiger partial charge in [-0.15, -0.1) is 11.3 Å². The summed E-state index contributed by atoms with van der Waals surface area (Å²) < 4.78 is 27.4. The van der Waals surface area contributed by atoms with Gasteiger partial charge in [0.05, 0.1) is 23.4 Å². The van der Waals surface area contributed by atoms with Crippen molar-refractivity contribution in [3.63, 3.8) is 0 Å². The first-order valence-electron chi connectivity index (χ1n) is 12.9. The molecule has 1 aliphatic heterocycles. The molecule has 0 aliphatic carbocycles. The van der Waals surface area contributed by atoms with Gasteiger partial charge in [-0.2, -0.15) is 5.10 Å². The number of hydrogen-bond acceptors (Lipinski definition) is 4. The minimum Gasteiger partial charge on any atom is -0.353 e. The third-order valence-corrected chi connectivity index (χ3v) is 7.84. The summed E-state index contributed by atoms with van der Waals surface area (Å²) in [4.78, 5) is 11.6. The molecular formula is C31H29F2N5S. The van der Waals surface area contributed by atoms with Gasteiger partial charge >= 0.3 is 0 Å². The van der Waals surface area contributed by atoms with E-state index in [1.807, 2.05) is 38.1 Å². The zero-order valence-corrected chi connectivity index (χ0v) is 22.7. The van der Waals surface area contributed by atoms with Gasteiger partial charge in [0.1, 0.15) is 11.2 Å². The molecule has 0 unspecified atom stereocenters. The van der Waals surface area contributed by atoms with Gasteiger partial charge in [0.2, 0.25) is 0 Å². The van der Waals surface area contributed by atoms with Crippen LogP contribution in [-0.2, 0) is 0 Å². The molecule has 0 saturated carbocycles. The molecule has 198 valence electrons. The van der Waals surface area contributed by atoms with Crippen LogP contribution in [0.5, 0.6) is 0 Å². The summed E-state index contributed by atoms with van der Waals surface area (Å²) in [5, 5.41) is 10.9. The third-order valence-electron chi connectivity index (χ3n) is 6.93. The summed E-state index contributed by atoms with van der Waals surface area (Å²) in [6, 6.07) is 16.5. The number of hydrogen-bond donors (Lipinski definition) is 2. The maximum atomic E-state index is 13.7. The van der Waals surface area contributed by atoms with E-state index in [1.54, 1.807) is 16.2 Å². The molecule has 0 spiro atoms. The van der Waals surface area contributed by atoms with Crippen LogP contribution < -0.4 is 0 Å². The molecule has 6 rings (SSSR count). The second kappa shape index (κ2) is 10.0. The number of aromatic nitrogens is 4. The van der Waals surface area contributed by atoms with Crippen LogP contribution in [0, 0.1) is 0 Å². The summed E-state index contributed by atoms with van der Waals surface area (Å²) in [7, 11) is 0. The predicted molar refractivity (Wildman–Crippen MR) is 157 cm³/mol. The van der Waals surface area contributed by atoms with E-state index >= 15 is 0 Å². The Kier molecular flexibility index (Phi) is 6.53. The maximum absolute atomic E-state index is 13.7. The summed E-state index contributed by atoms with van der Waals surface area (Å²) in [6.07, 6.45) is 3.92. The molecule has 4 aromatic heterocycles. The lowest BCUT2D eigenvalue weighted by Crippen LogP contribution is -2.26. The van der Waals surface area contributed by atoms with Gasteiger partial charge < -0.3 is 4.98 Å². The number of nitrogens with zero attached hydrogens (tertiary/aromatic N) is 3. The van der Waals surface area contributed by atoms with Crippen molar-refractivity contribution in [2.45, 2.75) is 26.2 Å². The Hall–Kier alpha value is -3.88. The van der Waals surface area contributed by atoms with Crippen LogP contribution in [0.25, 0.3) is 49.3 Å². The zero-order chi connectivity index (χ0) is 27.1. The van der Waals surface area contributed by atoms with Gasteiger partial charge in [-0.1, -0.05) is 48.1 Å². The molecule has 0 bridgehead atoms. The van der Waals surface area contributed by atoms with Crippen molar-refractivity contribution >= 4 is 38.8 Å². The molecule has 0 radical (unpaired) electrons. The monoisotopic (exact) mass is 541 g/mol. The van der Waals surface area contributed by atoms with Crippen LogP contribution in [0.3, 0.4) is 0 Å². The number of halogens is 2. The Bertz CT molecular complexity index is 1740. The Morgan fingerprint density at radius 2 is 2.00 bits per heavy atom. The number of likely N-dealkylation sites (tertiary alicyclic amines) is 1. The standard InChI is InChI=1S/C31H29F2N5S/c1-19(2)14-21(15-20(3)17-38-12-11-31(32,33)18-38)24-9-10-26-29(35-24)30(37-36-26)27-16-23-22(28-8-5-13-39-28)6-4-7-25(23)34-27/h4-10,13-16,34H,1,11-12,17-18H2,2-3H3,(H,36,37)/b20-15+,21-14+. The van der Waals surface area contributed by atoms with E-state index in [0.29, 0.717) is 13.1 Å². The van der Waals surface area contributed by atoms with Crippen LogP contribution in [0.4, 0.5) is 8.78 Å². The molecule has 5 heterocycles. The lowest BCUT2D eigenvalue weighted by molar-refractivity contribution is 0.0131. The number of thiophene rings is 1. The summed E-state index contributed by atoms with van der Waals surface area (Å²) >= 11 is 1.72. The van der Waals surface area contributed by atoms with E-state index in [-0.39, 0.29) is 13.0 Å². The van der Waals surface area contributed by atoms with Crippen molar-refractivity contribution in [3.05, 3.63) is 89.5 Å². The SMILES string of the molecule is C=C(C)/C=C(\C=C(/C)CN1CCC(F)(F)C1)c1ccc2[nH]nc(-c3cc4c(-c5cccs5)cccc4[nH]3)c2n1. The van der Waals surface area contributed by atoms with Crippen LogP contribution in [-0.4, -0.2) is 50.6 Å². The number of alkyl halides is 2. The first kappa shape index (κ1) is 25.4. The minimum absolute atomic E-state index is 0.0845. The molecule has 1 fully saturated rings. The van der Waals surface area contributed by atoms with Gasteiger partial charge in [-0.25, -0.2) is 13.8 Å². The van der Waals surface area contributed by atoms with Crippen LogP contribution >= 0.6 is 11.3 Å². The van der Waals surface area contributed by atoms with Crippen LogP contribution in [0.1, 0.15) is 26.0 Å². The molecular weight excluding hydrogens is 512 g/mol. The van der Waals surface area contributed by atoms with Gasteiger partial charge in [-0.05, 0) is 49.6 Å². The van der Waals surface area contributed by atoms with Gasteiger partial charge in [-0.3, -0.25) is 10.00 Å². The van der Waals surface area contributed by atoms with Gasteiger partial charge in [0, 0.05) is 46.4 Å². The Balaban J connectivity index is 1.37. The van der Waals surface area contributed by atoms with Gasteiger partial charge in [0.15, 0.2) is 0 Å². The normalized spacial score (nSPS) is 16.5. The fourth-order valence-electron chi connectivity index (χ4n) is 5.24. The predicted octanol–water partition coefficient (Wildman–Crippen LogP) is 8.08. The molecule has 1 aromatic carbocycles. The zero-order valence-electron chi connectivity index (χ0n) is 21.9. The number of pyridine rings is 1. The molecule has 39 heavy (non-hydrogen) atoms. The third kappa shape index (κ3) is 5.22. The van der Waals surface area contributed by atoms with Crippen molar-refractivity contribution in [2.24, 2.45) is 0 Å². The van der Waals surface area contributed by atoms with E-state index in [2.05, 4.69) is 63.5 Å². The fraction of sp³-hybridized carbons (Fsp3) is 0.226. The average molecular weight is 542 g/mol. The summed E-state index contributed by atoms with van der Waals surface area (Å²) in [5.74, 6) is -2.60. The highest BCUT2D eigenvalue weighted by atomic mass is 32.1. The molecule has 2 N–H and O–H groups in total. The van der Waals surface area contributed by atoms with E-state index < -0.39 is 5.92 Å². The Morgan fingerprint density at radius 1 is 1.13 bits per heavy atom. The molecule has 5 aromatic rings. The molecule has 1 aliphatic rings. The second-order valence-electron chi connectivity index (χ2n) is 10.3. The molecule has 0 atom stereocenters. The van der Waals surface area contributed by atoms with E-state index in [1.165, 1.54) is 10.4 Å². The van der Waals surface area contributed by atoms with E-state index in [9.17, 15) is 8.78 Å². The largest absolute Gasteiger partial charge is 0.353 e. The number of aromatic amines is 2. The summed E-state index contributed by atoms with van der Waals surface area (Å²) in [5.41, 5.74) is 8.98. The number of H-pyrrole nitrogens is 2. The van der Waals surface area contributed by atoms with Crippen molar-refractivity contribution in [3.8, 4) is 21.8 Å². The highest BCUT2D eigenvalue weighted by Gasteiger charge is 2.37. The molecule has 5 nitrogen and oxygen atoms in total. The van der Waals surface area contributed by atoms with E-state index in [0.717, 1.165) is 55.7 Å². The van der Waals surface area contributed by atoms with Gasteiger partial charge in [0.25, 0.3) is 5.92 Å². The first-order chi connectivity index (χ1) is 18.8. The van der Waals surface area contributed by atoms with E-state index in [4.69, 9.17) is 4.98 Å². The number of rotatable bonds is 7. The molecule has 1 saturated heterocycles. The summed E-state index contributed by atoms with van der Waals surface area (Å²) in [6.45, 7) is 8.66.